The Morgan fingerprint density at radius 2 is 2.07 bits per heavy atom. The lowest BCUT2D eigenvalue weighted by molar-refractivity contribution is -0.660. The Morgan fingerprint density at radius 3 is 2.93 bits per heavy atom. The monoisotopic (exact) mass is 360 g/mol. The molecule has 3 heterocycles. The molecule has 5 rings (SSSR count). The van der Waals surface area contributed by atoms with Crippen molar-refractivity contribution in [3.63, 3.8) is 0 Å². The van der Waals surface area contributed by atoms with E-state index in [1.165, 1.54) is 12.0 Å². The van der Waals surface area contributed by atoms with Gasteiger partial charge in [-0.15, -0.1) is 0 Å². The molecule has 0 atom stereocenters. The molecule has 0 spiro atoms. The minimum absolute atomic E-state index is 0.114. The van der Waals surface area contributed by atoms with Crippen molar-refractivity contribution in [1.82, 2.24) is 9.55 Å². The molecule has 1 aliphatic heterocycles. The number of hydrogen-bond donors (Lipinski definition) is 0. The van der Waals surface area contributed by atoms with E-state index in [1.807, 2.05) is 19.3 Å². The molecule has 0 unspecified atom stereocenters. The summed E-state index contributed by atoms with van der Waals surface area (Å²) in [6, 6.07) is 8.40. The number of hydrogen-bond acceptors (Lipinski definition) is 1. The Kier molecular flexibility index (Phi) is 3.59. The Labute approximate surface area is 164 Å². The third-order valence-corrected chi connectivity index (χ3v) is 6.07. The average Bonchev–Trinajstić information content (AvgIpc) is 3.30. The predicted molar refractivity (Wildman–Crippen MR) is 110 cm³/mol. The highest BCUT2D eigenvalue weighted by Crippen LogP contribution is 2.31. The quantitative estimate of drug-likeness (QED) is 0.603. The van der Waals surface area contributed by atoms with Crippen LogP contribution in [0.2, 0.25) is 0 Å². The van der Waals surface area contributed by atoms with E-state index in [-0.39, 0.29) is 5.92 Å². The zero-order chi connectivity index (χ0) is 20.2. The molecule has 3 heteroatoms. The van der Waals surface area contributed by atoms with Gasteiger partial charge >= 0.3 is 0 Å². The van der Waals surface area contributed by atoms with Crippen LogP contribution >= 0.6 is 0 Å². The SMILES string of the molecule is [2H]C([2H])(c1cc[n+](C)c(-c2cc3nc4n(c3cc2C)C=CC4)c1)C1CCCCC1. The molecule has 0 amide bonds. The molecule has 0 radical (unpaired) electrons. The molecule has 0 N–H and O–H groups in total. The first-order valence-corrected chi connectivity index (χ1v) is 10.1. The van der Waals surface area contributed by atoms with Gasteiger partial charge in [0.1, 0.15) is 12.9 Å². The van der Waals surface area contributed by atoms with Gasteiger partial charge in [0.05, 0.1) is 16.6 Å². The normalized spacial score (nSPS) is 18.6. The minimum atomic E-state index is -1.29. The minimum Gasteiger partial charge on any atom is -0.303 e. The van der Waals surface area contributed by atoms with Gasteiger partial charge in [0.25, 0.3) is 0 Å². The number of allylic oxidation sites excluding steroid dienone is 1. The molecule has 27 heavy (non-hydrogen) atoms. The lowest BCUT2D eigenvalue weighted by Crippen LogP contribution is -2.31. The van der Waals surface area contributed by atoms with Gasteiger partial charge in [0.15, 0.2) is 6.20 Å². The van der Waals surface area contributed by atoms with E-state index in [2.05, 4.69) is 46.5 Å². The lowest BCUT2D eigenvalue weighted by atomic mass is 9.85. The average molecular weight is 361 g/mol. The van der Waals surface area contributed by atoms with Gasteiger partial charge in [0, 0.05) is 27.5 Å². The summed E-state index contributed by atoms with van der Waals surface area (Å²) in [4.78, 5) is 4.81. The molecular weight excluding hydrogens is 330 g/mol. The molecule has 1 aromatic carbocycles. The summed E-state index contributed by atoms with van der Waals surface area (Å²) in [6.45, 7) is 2.13. The summed E-state index contributed by atoms with van der Waals surface area (Å²) < 4.78 is 22.0. The van der Waals surface area contributed by atoms with Crippen LogP contribution in [0, 0.1) is 12.8 Å². The second-order valence-corrected chi connectivity index (χ2v) is 8.03. The van der Waals surface area contributed by atoms with E-state index >= 15 is 0 Å². The predicted octanol–water partition coefficient (Wildman–Crippen LogP) is 4.99. The zero-order valence-corrected chi connectivity index (χ0v) is 16.2. The molecule has 1 aliphatic carbocycles. The van der Waals surface area contributed by atoms with Crippen LogP contribution < -0.4 is 4.57 Å². The zero-order valence-electron chi connectivity index (χ0n) is 18.2. The molecule has 0 bridgehead atoms. The Morgan fingerprint density at radius 1 is 1.22 bits per heavy atom. The standard InChI is InChI=1S/C24H28N3/c1-17-13-23-21(25-24-9-6-11-27(23)24)16-20(17)22-15-19(10-12-26(22)2)14-18-7-4-3-5-8-18/h6,10-13,15-16,18H,3-5,7-9,14H2,1-2H3/q+1/i14D2. The van der Waals surface area contributed by atoms with E-state index in [1.54, 1.807) is 0 Å². The number of aromatic nitrogens is 3. The molecule has 1 saturated carbocycles. The highest BCUT2D eigenvalue weighted by Gasteiger charge is 2.20. The molecule has 138 valence electrons. The summed E-state index contributed by atoms with van der Waals surface area (Å²) in [5, 5.41) is 0. The highest BCUT2D eigenvalue weighted by atomic mass is 15.1. The maximum Gasteiger partial charge on any atom is 0.212 e. The van der Waals surface area contributed by atoms with Crippen molar-refractivity contribution in [2.24, 2.45) is 13.0 Å². The third-order valence-electron chi connectivity index (χ3n) is 6.07. The first-order valence-electron chi connectivity index (χ1n) is 11.1. The fourth-order valence-corrected chi connectivity index (χ4v) is 4.56. The maximum atomic E-state index is 8.87. The van der Waals surface area contributed by atoms with Gasteiger partial charge in [-0.3, -0.25) is 0 Å². The van der Waals surface area contributed by atoms with Crippen molar-refractivity contribution in [2.75, 3.05) is 0 Å². The van der Waals surface area contributed by atoms with Gasteiger partial charge in [-0.1, -0.05) is 38.2 Å². The molecule has 3 nitrogen and oxygen atoms in total. The van der Waals surface area contributed by atoms with Crippen LogP contribution in [0.3, 0.4) is 0 Å². The van der Waals surface area contributed by atoms with Gasteiger partial charge in [0.2, 0.25) is 5.69 Å². The lowest BCUT2D eigenvalue weighted by Gasteiger charge is -2.21. The van der Waals surface area contributed by atoms with Crippen LogP contribution in [0.15, 0.2) is 36.5 Å². The van der Waals surface area contributed by atoms with Crippen molar-refractivity contribution >= 4 is 17.2 Å². The van der Waals surface area contributed by atoms with E-state index in [0.717, 1.165) is 65.8 Å². The van der Waals surface area contributed by atoms with Crippen molar-refractivity contribution in [2.45, 2.75) is 51.8 Å². The second kappa shape index (κ2) is 6.63. The van der Waals surface area contributed by atoms with Gasteiger partial charge in [-0.2, -0.15) is 0 Å². The first kappa shape index (κ1) is 14.6. The number of nitrogens with zero attached hydrogens (tertiary/aromatic N) is 3. The third kappa shape index (κ3) is 2.99. The summed E-state index contributed by atoms with van der Waals surface area (Å²) in [7, 11) is 2.04. The number of pyridine rings is 1. The van der Waals surface area contributed by atoms with Crippen LogP contribution in [0.4, 0.5) is 0 Å². The van der Waals surface area contributed by atoms with E-state index in [9.17, 15) is 0 Å². The van der Waals surface area contributed by atoms with Crippen LogP contribution in [-0.4, -0.2) is 9.55 Å². The number of benzene rings is 1. The summed E-state index contributed by atoms with van der Waals surface area (Å²) in [5.41, 5.74) is 6.31. The topological polar surface area (TPSA) is 21.7 Å². The molecule has 2 aromatic heterocycles. The summed E-state index contributed by atoms with van der Waals surface area (Å²) in [6.07, 6.45) is 11.3. The summed E-state index contributed by atoms with van der Waals surface area (Å²) >= 11 is 0. The van der Waals surface area contributed by atoms with Crippen molar-refractivity contribution in [3.05, 3.63) is 53.5 Å². The molecule has 3 aromatic rings. The van der Waals surface area contributed by atoms with Gasteiger partial charge in [-0.05, 0) is 42.5 Å². The number of fused-ring (bicyclic) bond motifs is 3. The van der Waals surface area contributed by atoms with Gasteiger partial charge in [-0.25, -0.2) is 9.55 Å². The Balaban J connectivity index is 1.60. The molecule has 2 aliphatic rings. The van der Waals surface area contributed by atoms with Crippen LogP contribution in [0.1, 0.15) is 51.8 Å². The van der Waals surface area contributed by atoms with Crippen LogP contribution in [-0.2, 0) is 19.8 Å². The fraction of sp³-hybridized carbons (Fsp3) is 0.417. The largest absolute Gasteiger partial charge is 0.303 e. The van der Waals surface area contributed by atoms with Gasteiger partial charge < -0.3 is 4.57 Å². The van der Waals surface area contributed by atoms with Crippen molar-refractivity contribution in [1.29, 1.82) is 0 Å². The Hall–Kier alpha value is -2.42. The van der Waals surface area contributed by atoms with Crippen molar-refractivity contribution < 1.29 is 7.31 Å². The van der Waals surface area contributed by atoms with E-state index < -0.39 is 6.37 Å². The number of aryl methyl sites for hydroxylation is 2. The Bertz CT molecular complexity index is 1120. The molecular formula is C24H28N3+. The first-order chi connectivity index (χ1) is 13.9. The number of imidazole rings is 1. The maximum absolute atomic E-state index is 8.87. The summed E-state index contributed by atoms with van der Waals surface area (Å²) in [5.74, 6) is 1.20. The van der Waals surface area contributed by atoms with Crippen LogP contribution in [0.25, 0.3) is 28.5 Å². The van der Waals surface area contributed by atoms with E-state index in [0.29, 0.717) is 0 Å². The van der Waals surface area contributed by atoms with Crippen molar-refractivity contribution in [3.8, 4) is 11.3 Å². The fourth-order valence-electron chi connectivity index (χ4n) is 4.56. The second-order valence-electron chi connectivity index (χ2n) is 8.03. The smallest absolute Gasteiger partial charge is 0.212 e. The van der Waals surface area contributed by atoms with Crippen LogP contribution in [0.5, 0.6) is 0 Å². The molecule has 1 fully saturated rings. The number of rotatable bonds is 3. The highest BCUT2D eigenvalue weighted by molar-refractivity contribution is 5.85. The van der Waals surface area contributed by atoms with E-state index in [4.69, 9.17) is 7.73 Å². The molecule has 0 saturated heterocycles.